The molecule has 0 aromatic heterocycles. The SMILES string of the molecule is CCC1CCC(C)N1C1CCc2ccccc2C1N. The molecule has 1 aliphatic heterocycles. The van der Waals surface area contributed by atoms with Gasteiger partial charge in [0.1, 0.15) is 0 Å². The minimum Gasteiger partial charge on any atom is -0.323 e. The van der Waals surface area contributed by atoms with E-state index < -0.39 is 0 Å². The molecule has 19 heavy (non-hydrogen) atoms. The normalized spacial score (nSPS) is 35.3. The first kappa shape index (κ1) is 13.1. The van der Waals surface area contributed by atoms with Crippen LogP contribution in [0.25, 0.3) is 0 Å². The maximum atomic E-state index is 6.61. The number of likely N-dealkylation sites (tertiary alicyclic amines) is 1. The Bertz CT molecular complexity index is 443. The van der Waals surface area contributed by atoms with Crippen LogP contribution in [0.4, 0.5) is 0 Å². The number of benzene rings is 1. The summed E-state index contributed by atoms with van der Waals surface area (Å²) in [6, 6.07) is 10.9. The molecule has 2 aliphatic rings. The smallest absolute Gasteiger partial charge is 0.0456 e. The second kappa shape index (κ2) is 5.26. The van der Waals surface area contributed by atoms with Crippen molar-refractivity contribution in [2.24, 2.45) is 5.73 Å². The Morgan fingerprint density at radius 3 is 2.79 bits per heavy atom. The van der Waals surface area contributed by atoms with Gasteiger partial charge in [-0.25, -0.2) is 0 Å². The van der Waals surface area contributed by atoms with Crippen molar-refractivity contribution >= 4 is 0 Å². The van der Waals surface area contributed by atoms with Crippen LogP contribution in [0, 0.1) is 0 Å². The van der Waals surface area contributed by atoms with Crippen LogP contribution in [0.5, 0.6) is 0 Å². The molecule has 1 aromatic carbocycles. The number of nitrogens with zero attached hydrogens (tertiary/aromatic N) is 1. The van der Waals surface area contributed by atoms with Crippen LogP contribution in [0.2, 0.25) is 0 Å². The highest BCUT2D eigenvalue weighted by atomic mass is 15.2. The van der Waals surface area contributed by atoms with Crippen LogP contribution in [-0.4, -0.2) is 23.0 Å². The average molecular weight is 258 g/mol. The number of hydrogen-bond donors (Lipinski definition) is 1. The summed E-state index contributed by atoms with van der Waals surface area (Å²) in [6.45, 7) is 4.70. The molecule has 1 aliphatic carbocycles. The molecule has 0 saturated carbocycles. The molecule has 0 radical (unpaired) electrons. The van der Waals surface area contributed by atoms with Crippen molar-refractivity contribution < 1.29 is 0 Å². The lowest BCUT2D eigenvalue weighted by atomic mass is 9.83. The van der Waals surface area contributed by atoms with Crippen molar-refractivity contribution in [2.75, 3.05) is 0 Å². The molecule has 3 rings (SSSR count). The molecular weight excluding hydrogens is 232 g/mol. The molecular formula is C17H26N2. The predicted octanol–water partition coefficient (Wildman–Crippen LogP) is 3.26. The highest BCUT2D eigenvalue weighted by molar-refractivity contribution is 5.33. The average Bonchev–Trinajstić information content (AvgIpc) is 2.81. The molecule has 2 N–H and O–H groups in total. The monoisotopic (exact) mass is 258 g/mol. The van der Waals surface area contributed by atoms with Crippen molar-refractivity contribution in [3.8, 4) is 0 Å². The lowest BCUT2D eigenvalue weighted by Crippen LogP contribution is -2.50. The summed E-state index contributed by atoms with van der Waals surface area (Å²) in [5.74, 6) is 0. The number of rotatable bonds is 2. The van der Waals surface area contributed by atoms with Gasteiger partial charge in [0.2, 0.25) is 0 Å². The molecule has 104 valence electrons. The largest absolute Gasteiger partial charge is 0.323 e. The molecule has 1 heterocycles. The third kappa shape index (κ3) is 2.21. The van der Waals surface area contributed by atoms with Crippen LogP contribution in [-0.2, 0) is 6.42 Å². The van der Waals surface area contributed by atoms with Crippen LogP contribution < -0.4 is 5.73 Å². The molecule has 2 nitrogen and oxygen atoms in total. The summed E-state index contributed by atoms with van der Waals surface area (Å²) >= 11 is 0. The number of aryl methyl sites for hydroxylation is 1. The van der Waals surface area contributed by atoms with Gasteiger partial charge in [-0.15, -0.1) is 0 Å². The molecule has 4 unspecified atom stereocenters. The highest BCUT2D eigenvalue weighted by Gasteiger charge is 2.39. The fourth-order valence-corrected chi connectivity index (χ4v) is 4.22. The zero-order valence-electron chi connectivity index (χ0n) is 12.2. The Balaban J connectivity index is 1.87. The minimum atomic E-state index is 0.194. The van der Waals surface area contributed by atoms with Gasteiger partial charge in [0.25, 0.3) is 0 Å². The van der Waals surface area contributed by atoms with Crippen molar-refractivity contribution in [3.05, 3.63) is 35.4 Å². The summed E-state index contributed by atoms with van der Waals surface area (Å²) in [5, 5.41) is 0. The van der Waals surface area contributed by atoms with Gasteiger partial charge in [-0.3, -0.25) is 4.90 Å². The first-order valence-corrected chi connectivity index (χ1v) is 7.83. The highest BCUT2D eigenvalue weighted by Crippen LogP contribution is 2.37. The third-order valence-corrected chi connectivity index (χ3v) is 5.24. The lowest BCUT2D eigenvalue weighted by molar-refractivity contribution is 0.101. The maximum Gasteiger partial charge on any atom is 0.0456 e. The van der Waals surface area contributed by atoms with E-state index >= 15 is 0 Å². The van der Waals surface area contributed by atoms with E-state index in [1.54, 1.807) is 0 Å². The Hall–Kier alpha value is -0.860. The van der Waals surface area contributed by atoms with E-state index in [4.69, 9.17) is 5.73 Å². The van der Waals surface area contributed by atoms with Gasteiger partial charge in [0.15, 0.2) is 0 Å². The van der Waals surface area contributed by atoms with Crippen molar-refractivity contribution in [1.29, 1.82) is 0 Å². The van der Waals surface area contributed by atoms with Crippen LogP contribution >= 0.6 is 0 Å². The Morgan fingerprint density at radius 1 is 1.21 bits per heavy atom. The molecule has 0 spiro atoms. The van der Waals surface area contributed by atoms with E-state index in [1.165, 1.54) is 43.2 Å². The molecule has 2 heteroatoms. The maximum absolute atomic E-state index is 6.61. The summed E-state index contributed by atoms with van der Waals surface area (Å²) in [6.07, 6.45) is 6.36. The van der Waals surface area contributed by atoms with Gasteiger partial charge in [-0.2, -0.15) is 0 Å². The van der Waals surface area contributed by atoms with Gasteiger partial charge in [-0.05, 0) is 50.2 Å². The molecule has 1 aromatic rings. The first-order chi connectivity index (χ1) is 9.22. The molecule has 1 saturated heterocycles. The van der Waals surface area contributed by atoms with E-state index in [-0.39, 0.29) is 6.04 Å². The quantitative estimate of drug-likeness (QED) is 0.882. The van der Waals surface area contributed by atoms with Gasteiger partial charge in [-0.1, -0.05) is 31.2 Å². The molecule has 1 fully saturated rings. The Labute approximate surface area is 117 Å². The summed E-state index contributed by atoms with van der Waals surface area (Å²) in [5.41, 5.74) is 9.45. The fourth-order valence-electron chi connectivity index (χ4n) is 4.22. The van der Waals surface area contributed by atoms with E-state index in [2.05, 4.69) is 43.0 Å². The summed E-state index contributed by atoms with van der Waals surface area (Å²) in [7, 11) is 0. The minimum absolute atomic E-state index is 0.194. The van der Waals surface area contributed by atoms with Gasteiger partial charge in [0.05, 0.1) is 0 Å². The topological polar surface area (TPSA) is 29.3 Å². The van der Waals surface area contributed by atoms with Crippen molar-refractivity contribution in [1.82, 2.24) is 4.90 Å². The second-order valence-electron chi connectivity index (χ2n) is 6.27. The Morgan fingerprint density at radius 2 is 2.00 bits per heavy atom. The zero-order valence-corrected chi connectivity index (χ0v) is 12.2. The fraction of sp³-hybridized carbons (Fsp3) is 0.647. The Kier molecular flexibility index (Phi) is 3.64. The lowest BCUT2D eigenvalue weighted by Gasteiger charge is -2.42. The van der Waals surface area contributed by atoms with Gasteiger partial charge >= 0.3 is 0 Å². The number of fused-ring (bicyclic) bond motifs is 1. The summed E-state index contributed by atoms with van der Waals surface area (Å²) in [4.78, 5) is 2.74. The van der Waals surface area contributed by atoms with Gasteiger partial charge in [0, 0.05) is 24.2 Å². The van der Waals surface area contributed by atoms with E-state index in [0.29, 0.717) is 12.1 Å². The van der Waals surface area contributed by atoms with E-state index in [0.717, 1.165) is 6.04 Å². The van der Waals surface area contributed by atoms with Crippen LogP contribution in [0.1, 0.15) is 56.7 Å². The molecule has 4 atom stereocenters. The number of nitrogens with two attached hydrogens (primary N) is 1. The zero-order chi connectivity index (χ0) is 13.4. The van der Waals surface area contributed by atoms with Crippen LogP contribution in [0.3, 0.4) is 0 Å². The summed E-state index contributed by atoms with van der Waals surface area (Å²) < 4.78 is 0. The second-order valence-corrected chi connectivity index (χ2v) is 6.27. The molecule has 0 amide bonds. The van der Waals surface area contributed by atoms with Crippen LogP contribution in [0.15, 0.2) is 24.3 Å². The first-order valence-electron chi connectivity index (χ1n) is 7.83. The van der Waals surface area contributed by atoms with Crippen molar-refractivity contribution in [3.63, 3.8) is 0 Å². The van der Waals surface area contributed by atoms with E-state index in [9.17, 15) is 0 Å². The predicted molar refractivity (Wildman–Crippen MR) is 80.1 cm³/mol. The standard InChI is InChI=1S/C17H26N2/c1-3-14-10-8-12(2)19(14)16-11-9-13-6-4-5-7-15(13)17(16)18/h4-7,12,14,16-17H,3,8-11,18H2,1-2H3. The number of hydrogen-bond acceptors (Lipinski definition) is 2. The third-order valence-electron chi connectivity index (χ3n) is 5.24. The van der Waals surface area contributed by atoms with Crippen molar-refractivity contribution in [2.45, 2.75) is 70.1 Å². The van der Waals surface area contributed by atoms with E-state index in [1.807, 2.05) is 0 Å². The molecule has 0 bridgehead atoms. The van der Waals surface area contributed by atoms with Gasteiger partial charge < -0.3 is 5.73 Å².